The van der Waals surface area contributed by atoms with Gasteiger partial charge in [0.1, 0.15) is 0 Å². The Bertz CT molecular complexity index is 637. The molecule has 1 aromatic rings. The van der Waals surface area contributed by atoms with Crippen LogP contribution in [-0.2, 0) is 28.0 Å². The predicted molar refractivity (Wildman–Crippen MR) is 78.5 cm³/mol. The summed E-state index contributed by atoms with van der Waals surface area (Å²) in [5.41, 5.74) is 0.520. The average molecular weight is 471 g/mol. The Balaban J connectivity index is -0.000000720. The van der Waals surface area contributed by atoms with Gasteiger partial charge >= 0.3 is 118 Å². The Hall–Kier alpha value is 3.40. The summed E-state index contributed by atoms with van der Waals surface area (Å²) in [6, 6.07) is 4.17. The van der Waals surface area contributed by atoms with Crippen LogP contribution in [0.25, 0.3) is 0 Å². The normalized spacial score (nSPS) is 11.0. The maximum Gasteiger partial charge on any atom is 1.00 e. The van der Waals surface area contributed by atoms with Crippen molar-refractivity contribution in [1.29, 1.82) is 0 Å². The minimum Gasteiger partial charge on any atom is -0.810 e. The van der Waals surface area contributed by atoms with Crippen molar-refractivity contribution in [3.63, 3.8) is 0 Å². The van der Waals surface area contributed by atoms with Crippen LogP contribution in [-0.4, -0.2) is 41.4 Å². The first-order valence-corrected chi connectivity index (χ1v) is 10.6. The van der Waals surface area contributed by atoms with E-state index in [-0.39, 0.29) is 162 Å². The molecule has 0 aliphatic carbocycles. The van der Waals surface area contributed by atoms with Crippen LogP contribution in [0.1, 0.15) is 16.7 Å². The smallest absolute Gasteiger partial charge is 0.810 e. The largest absolute Gasteiger partial charge is 1.00 e. The van der Waals surface area contributed by atoms with Crippen molar-refractivity contribution < 1.29 is 157 Å². The van der Waals surface area contributed by atoms with Gasteiger partial charge in [-0.2, -0.15) is 0 Å². The van der Waals surface area contributed by atoms with Crippen molar-refractivity contribution in [2.45, 2.75) is 18.9 Å². The van der Waals surface area contributed by atoms with Crippen molar-refractivity contribution in [3.8, 4) is 0 Å². The number of aliphatic hydroxyl groups is 2. The summed E-state index contributed by atoms with van der Waals surface area (Å²) < 4.78 is 22.0. The number of nitrogens with zero attached hydrogens (tertiary/aromatic N) is 1. The first-order valence-electron chi connectivity index (χ1n) is 7.11. The van der Waals surface area contributed by atoms with E-state index in [4.69, 9.17) is 10.2 Å². The summed E-state index contributed by atoms with van der Waals surface area (Å²) in [5.74, 6) is 0. The van der Waals surface area contributed by atoms with Gasteiger partial charge in [0.2, 0.25) is 0 Å². The molecule has 138 valence electrons. The molecule has 28 heavy (non-hydrogen) atoms. The van der Waals surface area contributed by atoms with Gasteiger partial charge in [0.05, 0.1) is 13.2 Å². The number of benzene rings is 1. The van der Waals surface area contributed by atoms with Crippen molar-refractivity contribution in [2.75, 3.05) is 26.3 Å². The van der Waals surface area contributed by atoms with Gasteiger partial charge in [-0.1, -0.05) is 33.4 Å². The van der Waals surface area contributed by atoms with Gasteiger partial charge in [0, 0.05) is 32.0 Å². The van der Waals surface area contributed by atoms with Crippen LogP contribution in [0.3, 0.4) is 0 Å². The third kappa shape index (κ3) is 17.9. The fourth-order valence-electron chi connectivity index (χ4n) is 2.31. The molecule has 0 atom stereocenters. The summed E-state index contributed by atoms with van der Waals surface area (Å²) in [6.07, 6.45) is -1.77. The Labute approximate surface area is 253 Å². The molecule has 0 aliphatic heterocycles. The summed E-state index contributed by atoms with van der Waals surface area (Å²) >= 11 is 0. The van der Waals surface area contributed by atoms with Gasteiger partial charge in [-0.25, -0.2) is 0 Å². The Kier molecular flexibility index (Phi) is 25.9. The molecule has 0 spiro atoms. The van der Waals surface area contributed by atoms with Crippen LogP contribution in [0.4, 0.5) is 0 Å². The van der Waals surface area contributed by atoms with Crippen LogP contribution in [0.15, 0.2) is 18.2 Å². The van der Waals surface area contributed by atoms with E-state index in [0.29, 0.717) is 5.56 Å². The van der Waals surface area contributed by atoms with E-state index in [1.165, 1.54) is 18.2 Å². The van der Waals surface area contributed by atoms with E-state index in [2.05, 4.69) is 0 Å². The molecule has 0 amide bonds. The molecule has 15 heteroatoms. The zero-order chi connectivity index (χ0) is 18.4. The van der Waals surface area contributed by atoms with Gasteiger partial charge in [0.15, 0.2) is 0 Å². The van der Waals surface area contributed by atoms with Crippen molar-refractivity contribution in [1.82, 2.24) is 4.90 Å². The number of aliphatic hydroxyl groups excluding tert-OH is 2. The molecule has 0 unspecified atom stereocenters. The minimum atomic E-state index is -4.95. The van der Waals surface area contributed by atoms with Crippen LogP contribution >= 0.6 is 15.2 Å². The molecule has 0 bridgehead atoms. The molecule has 0 heterocycles. The molecular weight excluding hydrogens is 452 g/mol. The third-order valence-electron chi connectivity index (χ3n) is 3.24. The fourth-order valence-corrected chi connectivity index (χ4v) is 3.74. The van der Waals surface area contributed by atoms with Crippen LogP contribution in [0.2, 0.25) is 0 Å². The monoisotopic (exact) mass is 471 g/mol. The molecule has 1 aromatic carbocycles. The zero-order valence-electron chi connectivity index (χ0n) is 16.9. The van der Waals surface area contributed by atoms with Gasteiger partial charge in [-0.05, 0) is 16.7 Å². The van der Waals surface area contributed by atoms with Crippen molar-refractivity contribution in [3.05, 3.63) is 34.9 Å². The summed E-state index contributed by atoms with van der Waals surface area (Å²) in [7, 11) is -9.86. The van der Waals surface area contributed by atoms with Gasteiger partial charge in [-0.15, -0.1) is 0 Å². The molecule has 2 N–H and O–H groups in total. The predicted octanol–water partition coefficient (Wildman–Crippen LogP) is -14.7. The molecule has 0 aliphatic rings. The third-order valence-corrected chi connectivity index (χ3v) is 4.69. The number of hydrogen-bond donors (Lipinski definition) is 2. The van der Waals surface area contributed by atoms with Crippen molar-refractivity contribution >= 4 is 15.2 Å². The second-order valence-corrected chi connectivity index (χ2v) is 8.44. The summed E-state index contributed by atoms with van der Waals surface area (Å²) in [6.45, 7) is 0.515. The molecule has 0 saturated heterocycles. The first-order chi connectivity index (χ1) is 11.0. The maximum absolute atomic E-state index is 11.0. The van der Waals surface area contributed by atoms with Crippen LogP contribution in [0.5, 0.6) is 0 Å². The van der Waals surface area contributed by atoms with E-state index in [0.717, 1.165) is 0 Å². The van der Waals surface area contributed by atoms with E-state index in [9.17, 15) is 28.7 Å². The summed E-state index contributed by atoms with van der Waals surface area (Å²) in [5, 5.41) is 18.0. The maximum atomic E-state index is 11.0. The fraction of sp³-hybridized carbons (Fsp3) is 0.538. The van der Waals surface area contributed by atoms with Gasteiger partial charge in [-0.3, -0.25) is 4.90 Å². The average Bonchev–Trinajstić information content (AvgIpc) is 2.39. The van der Waals surface area contributed by atoms with Gasteiger partial charge < -0.3 is 38.9 Å². The SMILES string of the molecule is O=P([O-])([O-])Cc1ccc(CN(CCO)CCO)cc1CP(=O)([O-])[O-].[Na+].[Na+].[Na+].[Na+]. The van der Waals surface area contributed by atoms with Crippen molar-refractivity contribution in [2.24, 2.45) is 0 Å². The molecule has 0 saturated carbocycles. The Morgan fingerprint density at radius 3 is 1.61 bits per heavy atom. The van der Waals surface area contributed by atoms with Crippen LogP contribution in [0, 0.1) is 0 Å². The van der Waals surface area contributed by atoms with E-state index in [1.807, 2.05) is 0 Å². The van der Waals surface area contributed by atoms with E-state index < -0.39 is 27.5 Å². The zero-order valence-corrected chi connectivity index (χ0v) is 26.7. The standard InChI is InChI=1S/C13H23NO8P2.4Na/c15-5-3-14(4-6-16)8-11-1-2-12(9-23(17,18)19)13(7-11)10-24(20,21)22;;;;/h1-2,7,15-16H,3-6,8-10H2,(H2,17,18,19)(H2,20,21,22);;;;/q;4*+1/p-4. The molecule has 0 radical (unpaired) electrons. The van der Waals surface area contributed by atoms with Crippen LogP contribution < -0.4 is 138 Å². The minimum absolute atomic E-state index is 0. The molecular formula is C13H19NNa4O8P2. The second kappa shape index (κ2) is 18.8. The topological polar surface area (TPSA) is 170 Å². The molecule has 0 aromatic heterocycles. The Morgan fingerprint density at radius 2 is 1.21 bits per heavy atom. The van der Waals surface area contributed by atoms with E-state index in [1.54, 1.807) is 4.90 Å². The Morgan fingerprint density at radius 1 is 0.786 bits per heavy atom. The molecule has 0 fully saturated rings. The van der Waals surface area contributed by atoms with Gasteiger partial charge in [0.25, 0.3) is 0 Å². The first kappa shape index (κ1) is 38.7. The summed E-state index contributed by atoms with van der Waals surface area (Å²) in [4.78, 5) is 45.6. The molecule has 1 rings (SSSR count). The molecule has 9 nitrogen and oxygen atoms in total. The second-order valence-electron chi connectivity index (χ2n) is 5.36. The van der Waals surface area contributed by atoms with E-state index >= 15 is 0 Å². The quantitative estimate of drug-likeness (QED) is 0.249. The number of rotatable bonds is 10. The number of hydrogen-bond acceptors (Lipinski definition) is 9.